The molecule has 2 aromatic rings. The molecule has 5 nitrogen and oxygen atoms in total. The van der Waals surface area contributed by atoms with Gasteiger partial charge in [0, 0.05) is 0 Å². The summed E-state index contributed by atoms with van der Waals surface area (Å²) in [5.74, 6) is -0.904. The first-order chi connectivity index (χ1) is 11.9. The van der Waals surface area contributed by atoms with Crippen molar-refractivity contribution in [1.82, 2.24) is 0 Å². The van der Waals surface area contributed by atoms with Crippen molar-refractivity contribution >= 4 is 52.4 Å². The zero-order chi connectivity index (χ0) is 18.4. The van der Waals surface area contributed by atoms with Crippen molar-refractivity contribution in [3.63, 3.8) is 0 Å². The van der Waals surface area contributed by atoms with Gasteiger partial charge in [-0.2, -0.15) is 0 Å². The molecule has 0 fully saturated rings. The Bertz CT molecular complexity index is 782. The van der Waals surface area contributed by atoms with Gasteiger partial charge >= 0.3 is 5.97 Å². The van der Waals surface area contributed by atoms with Crippen LogP contribution in [-0.2, 0) is 14.3 Å². The number of carbonyl (C=O) groups is 2. The summed E-state index contributed by atoms with van der Waals surface area (Å²) < 4.78 is 10.3. The molecule has 1 amide bonds. The van der Waals surface area contributed by atoms with Crippen molar-refractivity contribution in [3.8, 4) is 5.75 Å². The van der Waals surface area contributed by atoms with Gasteiger partial charge in [-0.25, -0.2) is 4.79 Å². The van der Waals surface area contributed by atoms with Crippen LogP contribution in [0.2, 0.25) is 15.1 Å². The molecule has 0 bridgehead atoms. The Balaban J connectivity index is 1.87. The third-order valence-corrected chi connectivity index (χ3v) is 4.20. The Hall–Kier alpha value is -1.95. The van der Waals surface area contributed by atoms with Crippen molar-refractivity contribution in [2.45, 2.75) is 13.0 Å². The van der Waals surface area contributed by atoms with Gasteiger partial charge in [0.1, 0.15) is 5.75 Å². The summed E-state index contributed by atoms with van der Waals surface area (Å²) in [6, 6.07) is 11.5. The van der Waals surface area contributed by atoms with Gasteiger partial charge in [-0.3, -0.25) is 4.79 Å². The van der Waals surface area contributed by atoms with Crippen LogP contribution in [-0.4, -0.2) is 24.6 Å². The van der Waals surface area contributed by atoms with Crippen molar-refractivity contribution < 1.29 is 19.1 Å². The standard InChI is InChI=1S/C17H14Cl3NO4/c1-10(17(23)21-13-7-4-6-12(19)16(13)20)25-15(22)9-24-14-8-3-2-5-11(14)18/h2-8,10H,9H2,1H3,(H,21,23). The molecule has 2 rings (SSSR count). The number of carbonyl (C=O) groups excluding carboxylic acids is 2. The van der Waals surface area contributed by atoms with Crippen molar-refractivity contribution in [3.05, 3.63) is 57.5 Å². The zero-order valence-electron chi connectivity index (χ0n) is 13.1. The first-order valence-electron chi connectivity index (χ1n) is 7.20. The molecule has 8 heteroatoms. The second-order valence-corrected chi connectivity index (χ2v) is 6.13. The number of hydrogen-bond donors (Lipinski definition) is 1. The molecule has 0 spiro atoms. The van der Waals surface area contributed by atoms with Crippen LogP contribution in [0.25, 0.3) is 0 Å². The van der Waals surface area contributed by atoms with E-state index in [0.29, 0.717) is 21.5 Å². The van der Waals surface area contributed by atoms with E-state index in [9.17, 15) is 9.59 Å². The van der Waals surface area contributed by atoms with Gasteiger partial charge < -0.3 is 14.8 Å². The van der Waals surface area contributed by atoms with Crippen LogP contribution in [0.1, 0.15) is 6.92 Å². The highest BCUT2D eigenvalue weighted by molar-refractivity contribution is 6.44. The molecular weight excluding hydrogens is 389 g/mol. The maximum atomic E-state index is 12.1. The van der Waals surface area contributed by atoms with Crippen LogP contribution in [0, 0.1) is 0 Å². The smallest absolute Gasteiger partial charge is 0.344 e. The zero-order valence-corrected chi connectivity index (χ0v) is 15.4. The third kappa shape index (κ3) is 5.53. The fraction of sp³-hybridized carbons (Fsp3) is 0.176. The molecule has 0 aliphatic carbocycles. The van der Waals surface area contributed by atoms with E-state index in [2.05, 4.69) is 5.32 Å². The van der Waals surface area contributed by atoms with Crippen molar-refractivity contribution in [2.75, 3.05) is 11.9 Å². The monoisotopic (exact) mass is 401 g/mol. The molecule has 1 atom stereocenters. The number of para-hydroxylation sites is 1. The predicted molar refractivity (Wildman–Crippen MR) is 97.6 cm³/mol. The third-order valence-electron chi connectivity index (χ3n) is 3.07. The number of ether oxygens (including phenoxy) is 2. The fourth-order valence-electron chi connectivity index (χ4n) is 1.82. The van der Waals surface area contributed by atoms with E-state index in [1.807, 2.05) is 0 Å². The minimum atomic E-state index is -1.04. The second kappa shape index (κ2) is 8.94. The van der Waals surface area contributed by atoms with Crippen molar-refractivity contribution in [1.29, 1.82) is 0 Å². The lowest BCUT2D eigenvalue weighted by molar-refractivity contribution is -0.155. The molecule has 0 radical (unpaired) electrons. The predicted octanol–water partition coefficient (Wildman–Crippen LogP) is 4.60. The molecule has 0 saturated carbocycles. The van der Waals surface area contributed by atoms with Crippen LogP contribution in [0.3, 0.4) is 0 Å². The topological polar surface area (TPSA) is 64.6 Å². The van der Waals surface area contributed by atoms with Crippen LogP contribution >= 0.6 is 34.8 Å². The lowest BCUT2D eigenvalue weighted by atomic mass is 10.3. The highest BCUT2D eigenvalue weighted by atomic mass is 35.5. The van der Waals surface area contributed by atoms with Crippen LogP contribution < -0.4 is 10.1 Å². The molecule has 0 aromatic heterocycles. The average molecular weight is 403 g/mol. The number of hydrogen-bond acceptors (Lipinski definition) is 4. The largest absolute Gasteiger partial charge is 0.480 e. The Morgan fingerprint density at radius 1 is 1.04 bits per heavy atom. The van der Waals surface area contributed by atoms with Crippen LogP contribution in [0.15, 0.2) is 42.5 Å². The van der Waals surface area contributed by atoms with E-state index in [4.69, 9.17) is 44.3 Å². The first-order valence-corrected chi connectivity index (χ1v) is 8.33. The van der Waals surface area contributed by atoms with E-state index in [0.717, 1.165) is 0 Å². The number of nitrogens with one attached hydrogen (secondary N) is 1. The van der Waals surface area contributed by atoms with Gasteiger partial charge in [-0.05, 0) is 31.2 Å². The summed E-state index contributed by atoms with van der Waals surface area (Å²) >= 11 is 17.8. The number of rotatable bonds is 6. The van der Waals surface area contributed by atoms with Gasteiger partial charge in [-0.15, -0.1) is 0 Å². The summed E-state index contributed by atoms with van der Waals surface area (Å²) in [7, 11) is 0. The van der Waals surface area contributed by atoms with E-state index in [1.165, 1.54) is 6.92 Å². The fourth-order valence-corrected chi connectivity index (χ4v) is 2.36. The number of anilines is 1. The quantitative estimate of drug-likeness (QED) is 0.717. The molecular formula is C17H14Cl3NO4. The van der Waals surface area contributed by atoms with Crippen LogP contribution in [0.4, 0.5) is 5.69 Å². The van der Waals surface area contributed by atoms with Crippen LogP contribution in [0.5, 0.6) is 5.75 Å². The van der Waals surface area contributed by atoms with E-state index in [-0.39, 0.29) is 11.6 Å². The Labute approximate surface area is 159 Å². The van der Waals surface area contributed by atoms with E-state index < -0.39 is 18.0 Å². The Morgan fingerprint density at radius 3 is 2.44 bits per heavy atom. The first kappa shape index (κ1) is 19.4. The van der Waals surface area contributed by atoms with Gasteiger partial charge in [0.05, 0.1) is 20.8 Å². The molecule has 1 unspecified atom stereocenters. The maximum Gasteiger partial charge on any atom is 0.344 e. The Morgan fingerprint density at radius 2 is 1.72 bits per heavy atom. The van der Waals surface area contributed by atoms with E-state index in [1.54, 1.807) is 42.5 Å². The molecule has 0 heterocycles. The summed E-state index contributed by atoms with van der Waals surface area (Å²) in [5, 5.41) is 3.43. The summed E-state index contributed by atoms with van der Waals surface area (Å²) in [6.07, 6.45) is -1.04. The summed E-state index contributed by atoms with van der Waals surface area (Å²) in [5.41, 5.74) is 0.328. The normalized spacial score (nSPS) is 11.5. The number of amides is 1. The molecule has 0 aliphatic heterocycles. The minimum absolute atomic E-state index is 0.207. The second-order valence-electron chi connectivity index (χ2n) is 4.94. The van der Waals surface area contributed by atoms with Gasteiger partial charge in [0.25, 0.3) is 5.91 Å². The number of halogens is 3. The number of benzene rings is 2. The molecule has 0 aliphatic rings. The van der Waals surface area contributed by atoms with Gasteiger partial charge in [0.2, 0.25) is 0 Å². The van der Waals surface area contributed by atoms with Crippen molar-refractivity contribution in [2.24, 2.45) is 0 Å². The summed E-state index contributed by atoms with van der Waals surface area (Å²) in [6.45, 7) is 1.06. The van der Waals surface area contributed by atoms with Gasteiger partial charge in [-0.1, -0.05) is 53.0 Å². The maximum absolute atomic E-state index is 12.1. The lowest BCUT2D eigenvalue weighted by Gasteiger charge is -2.15. The molecule has 132 valence electrons. The molecule has 0 saturated heterocycles. The Kier molecular flexibility index (Phi) is 6.93. The minimum Gasteiger partial charge on any atom is -0.480 e. The lowest BCUT2D eigenvalue weighted by Crippen LogP contribution is -2.31. The summed E-state index contributed by atoms with van der Waals surface area (Å²) in [4.78, 5) is 23.9. The molecule has 2 aromatic carbocycles. The van der Waals surface area contributed by atoms with E-state index >= 15 is 0 Å². The molecule has 1 N–H and O–H groups in total. The SMILES string of the molecule is CC(OC(=O)COc1ccccc1Cl)C(=O)Nc1cccc(Cl)c1Cl. The highest BCUT2D eigenvalue weighted by Crippen LogP contribution is 2.29. The average Bonchev–Trinajstić information content (AvgIpc) is 2.58. The number of esters is 1. The molecule has 25 heavy (non-hydrogen) atoms. The highest BCUT2D eigenvalue weighted by Gasteiger charge is 2.19. The van der Waals surface area contributed by atoms with Gasteiger partial charge in [0.15, 0.2) is 12.7 Å².